The number of rotatable bonds is 3. The summed E-state index contributed by atoms with van der Waals surface area (Å²) in [5, 5.41) is 13.1. The molecule has 3 N–H and O–H groups in total. The quantitative estimate of drug-likeness (QED) is 0.379. The lowest BCUT2D eigenvalue weighted by atomic mass is 10.1. The predicted octanol–water partition coefficient (Wildman–Crippen LogP) is 2.98. The van der Waals surface area contributed by atoms with Crippen molar-refractivity contribution in [3.8, 4) is 11.8 Å². The maximum atomic E-state index is 12.5. The number of carbonyl (C=O) groups excluding carboxylic acids is 1. The number of nitrogens with zero attached hydrogens (tertiary/aromatic N) is 1. The Labute approximate surface area is 146 Å². The van der Waals surface area contributed by atoms with Gasteiger partial charge in [-0.25, -0.2) is 0 Å². The maximum absolute atomic E-state index is 12.5. The van der Waals surface area contributed by atoms with E-state index in [1.165, 1.54) is 24.3 Å². The van der Waals surface area contributed by atoms with Crippen LogP contribution in [-0.2, 0) is 6.18 Å². The second-order valence-electron chi connectivity index (χ2n) is 5.09. The average molecular weight is 363 g/mol. The zero-order chi connectivity index (χ0) is 19.3. The Balaban J connectivity index is 2.00. The van der Waals surface area contributed by atoms with Gasteiger partial charge in [-0.05, 0) is 30.3 Å². The topological polar surface area (TPSA) is 98.3 Å². The molecule has 0 aliphatic carbocycles. The van der Waals surface area contributed by atoms with E-state index in [0.717, 1.165) is 18.2 Å². The van der Waals surface area contributed by atoms with Crippen molar-refractivity contribution in [2.24, 2.45) is 0 Å². The molecule has 0 saturated carbocycles. The van der Waals surface area contributed by atoms with Gasteiger partial charge in [-0.1, -0.05) is 11.8 Å². The highest BCUT2D eigenvalue weighted by molar-refractivity contribution is 5.99. The predicted molar refractivity (Wildman–Crippen MR) is 88.2 cm³/mol. The molecular weight excluding hydrogens is 351 g/mol. The first kappa shape index (κ1) is 18.8. The number of amides is 1. The molecular formula is C17H12F3N3O3. The standard InChI is InChI=1S/C17H12F3N3O3/c18-17(19,20)12-5-3-11(4-6-12)2-1-9-22-16(24)14-10-13(23(25)26)7-8-15(14)21/h3-8,10H,9,21H2,(H,22,24). The zero-order valence-electron chi connectivity index (χ0n) is 13.1. The molecule has 26 heavy (non-hydrogen) atoms. The van der Waals surface area contributed by atoms with E-state index in [2.05, 4.69) is 17.2 Å². The number of nitrogens with one attached hydrogen (secondary N) is 1. The molecule has 134 valence electrons. The lowest BCUT2D eigenvalue weighted by Crippen LogP contribution is -2.24. The molecule has 2 rings (SSSR count). The Morgan fingerprint density at radius 3 is 2.42 bits per heavy atom. The van der Waals surface area contributed by atoms with Gasteiger partial charge in [0.25, 0.3) is 11.6 Å². The fraction of sp³-hybridized carbons (Fsp3) is 0.118. The number of carbonyl (C=O) groups is 1. The minimum Gasteiger partial charge on any atom is -0.398 e. The third kappa shape index (κ3) is 4.73. The third-order valence-electron chi connectivity index (χ3n) is 3.27. The molecule has 0 atom stereocenters. The molecule has 6 nitrogen and oxygen atoms in total. The van der Waals surface area contributed by atoms with Gasteiger partial charge in [0.2, 0.25) is 0 Å². The Morgan fingerprint density at radius 1 is 1.19 bits per heavy atom. The van der Waals surface area contributed by atoms with Crippen LogP contribution in [0.2, 0.25) is 0 Å². The van der Waals surface area contributed by atoms with Gasteiger partial charge in [0.15, 0.2) is 0 Å². The molecule has 2 aromatic carbocycles. The number of nitrogen functional groups attached to an aromatic ring is 1. The first-order chi connectivity index (χ1) is 12.2. The molecule has 0 aliphatic rings. The lowest BCUT2D eigenvalue weighted by molar-refractivity contribution is -0.384. The van der Waals surface area contributed by atoms with E-state index >= 15 is 0 Å². The van der Waals surface area contributed by atoms with Crippen LogP contribution in [0.15, 0.2) is 42.5 Å². The van der Waals surface area contributed by atoms with Crippen LogP contribution in [0.25, 0.3) is 0 Å². The number of hydrogen-bond acceptors (Lipinski definition) is 4. The SMILES string of the molecule is Nc1ccc([N+](=O)[O-])cc1C(=O)NCC#Cc1ccc(C(F)(F)F)cc1. The zero-order valence-corrected chi connectivity index (χ0v) is 13.1. The van der Waals surface area contributed by atoms with Crippen molar-refractivity contribution in [2.75, 3.05) is 12.3 Å². The van der Waals surface area contributed by atoms with Crippen molar-refractivity contribution in [1.82, 2.24) is 5.32 Å². The molecule has 0 saturated heterocycles. The fourth-order valence-corrected chi connectivity index (χ4v) is 1.96. The Bertz CT molecular complexity index is 897. The summed E-state index contributed by atoms with van der Waals surface area (Å²) < 4.78 is 37.4. The number of nitro benzene ring substituents is 1. The van der Waals surface area contributed by atoms with E-state index in [1.807, 2.05) is 0 Å². The van der Waals surface area contributed by atoms with Gasteiger partial charge in [0.05, 0.1) is 22.6 Å². The normalized spacial score (nSPS) is 10.6. The summed E-state index contributed by atoms with van der Waals surface area (Å²) in [5.74, 6) is 4.54. The highest BCUT2D eigenvalue weighted by Gasteiger charge is 2.29. The van der Waals surface area contributed by atoms with Crippen LogP contribution in [0.1, 0.15) is 21.5 Å². The first-order valence-corrected chi connectivity index (χ1v) is 7.17. The number of non-ortho nitro benzene ring substituents is 1. The maximum Gasteiger partial charge on any atom is 0.416 e. The molecule has 0 bridgehead atoms. The van der Waals surface area contributed by atoms with Gasteiger partial charge in [-0.2, -0.15) is 13.2 Å². The van der Waals surface area contributed by atoms with Gasteiger partial charge in [0, 0.05) is 23.4 Å². The molecule has 0 unspecified atom stereocenters. The van der Waals surface area contributed by atoms with Crippen molar-refractivity contribution in [2.45, 2.75) is 6.18 Å². The van der Waals surface area contributed by atoms with Crippen molar-refractivity contribution >= 4 is 17.3 Å². The number of anilines is 1. The molecule has 0 fully saturated rings. The van der Waals surface area contributed by atoms with Gasteiger partial charge < -0.3 is 11.1 Å². The molecule has 1 amide bonds. The number of nitro groups is 1. The van der Waals surface area contributed by atoms with E-state index < -0.39 is 22.6 Å². The van der Waals surface area contributed by atoms with E-state index in [-0.39, 0.29) is 23.5 Å². The van der Waals surface area contributed by atoms with Crippen LogP contribution in [0, 0.1) is 22.0 Å². The average Bonchev–Trinajstić information content (AvgIpc) is 2.58. The molecule has 0 radical (unpaired) electrons. The van der Waals surface area contributed by atoms with E-state index in [1.54, 1.807) is 0 Å². The second kappa shape index (κ2) is 7.57. The molecule has 0 heterocycles. The monoisotopic (exact) mass is 363 g/mol. The Hall–Kier alpha value is -3.54. The Morgan fingerprint density at radius 2 is 1.85 bits per heavy atom. The molecule has 0 aromatic heterocycles. The van der Waals surface area contributed by atoms with Crippen LogP contribution >= 0.6 is 0 Å². The van der Waals surface area contributed by atoms with E-state index in [9.17, 15) is 28.1 Å². The molecule has 0 spiro atoms. The van der Waals surface area contributed by atoms with Crippen LogP contribution in [0.5, 0.6) is 0 Å². The summed E-state index contributed by atoms with van der Waals surface area (Å²) in [6, 6.07) is 7.73. The summed E-state index contributed by atoms with van der Waals surface area (Å²) in [6.45, 7) is -0.109. The Kier molecular flexibility index (Phi) is 5.47. The van der Waals surface area contributed by atoms with Crippen LogP contribution in [0.4, 0.5) is 24.5 Å². The van der Waals surface area contributed by atoms with Gasteiger partial charge in [-0.3, -0.25) is 14.9 Å². The van der Waals surface area contributed by atoms with Crippen molar-refractivity contribution < 1.29 is 22.9 Å². The van der Waals surface area contributed by atoms with Gasteiger partial charge >= 0.3 is 6.18 Å². The third-order valence-corrected chi connectivity index (χ3v) is 3.27. The van der Waals surface area contributed by atoms with E-state index in [4.69, 9.17) is 5.73 Å². The van der Waals surface area contributed by atoms with Crippen molar-refractivity contribution in [3.05, 3.63) is 69.3 Å². The number of benzene rings is 2. The number of hydrogen-bond donors (Lipinski definition) is 2. The summed E-state index contributed by atoms with van der Waals surface area (Å²) in [6.07, 6.45) is -4.42. The summed E-state index contributed by atoms with van der Waals surface area (Å²) in [7, 11) is 0. The summed E-state index contributed by atoms with van der Waals surface area (Å²) in [5.41, 5.74) is 4.93. The van der Waals surface area contributed by atoms with E-state index in [0.29, 0.717) is 5.56 Å². The van der Waals surface area contributed by atoms with Crippen molar-refractivity contribution in [3.63, 3.8) is 0 Å². The number of nitrogens with two attached hydrogens (primary N) is 1. The smallest absolute Gasteiger partial charge is 0.398 e. The van der Waals surface area contributed by atoms with Crippen LogP contribution in [-0.4, -0.2) is 17.4 Å². The van der Waals surface area contributed by atoms with Crippen molar-refractivity contribution in [1.29, 1.82) is 0 Å². The number of halogens is 3. The summed E-state index contributed by atoms with van der Waals surface area (Å²) >= 11 is 0. The number of alkyl halides is 3. The molecule has 2 aromatic rings. The minimum atomic E-state index is -4.42. The minimum absolute atomic E-state index is 0.0597. The largest absolute Gasteiger partial charge is 0.416 e. The second-order valence-corrected chi connectivity index (χ2v) is 5.09. The van der Waals surface area contributed by atoms with Crippen LogP contribution in [0.3, 0.4) is 0 Å². The first-order valence-electron chi connectivity index (χ1n) is 7.17. The fourth-order valence-electron chi connectivity index (χ4n) is 1.96. The summed E-state index contributed by atoms with van der Waals surface area (Å²) in [4.78, 5) is 22.1. The lowest BCUT2D eigenvalue weighted by Gasteiger charge is -2.05. The molecule has 9 heteroatoms. The van der Waals surface area contributed by atoms with Gasteiger partial charge in [0.1, 0.15) is 0 Å². The van der Waals surface area contributed by atoms with Gasteiger partial charge in [-0.15, -0.1) is 0 Å². The molecule has 0 aliphatic heterocycles. The highest BCUT2D eigenvalue weighted by atomic mass is 19.4. The van der Waals surface area contributed by atoms with Crippen LogP contribution < -0.4 is 11.1 Å². The highest BCUT2D eigenvalue weighted by Crippen LogP contribution is 2.28.